The number of carbonyl (C=O) groups is 3. The SMILES string of the molecule is Cn1c2c(c3ccccc31)CCN(C(=O)CCC1(C3CC3)NC(=O)NC1=O)C2. The van der Waals surface area contributed by atoms with E-state index in [0.29, 0.717) is 19.5 Å². The van der Waals surface area contributed by atoms with Crippen molar-refractivity contribution >= 4 is 28.7 Å². The van der Waals surface area contributed by atoms with E-state index >= 15 is 0 Å². The molecule has 1 saturated heterocycles. The molecule has 7 nitrogen and oxygen atoms in total. The Morgan fingerprint density at radius 2 is 2.04 bits per heavy atom. The minimum absolute atomic E-state index is 0.0462. The molecule has 3 aliphatic rings. The van der Waals surface area contributed by atoms with Crippen LogP contribution in [0.1, 0.15) is 36.9 Å². The van der Waals surface area contributed by atoms with Crippen molar-refractivity contribution in [3.05, 3.63) is 35.5 Å². The fourth-order valence-electron chi connectivity index (χ4n) is 4.94. The first-order valence-corrected chi connectivity index (χ1v) is 9.96. The van der Waals surface area contributed by atoms with Crippen LogP contribution in [0, 0.1) is 5.92 Å². The van der Waals surface area contributed by atoms with Crippen molar-refractivity contribution < 1.29 is 14.4 Å². The average Bonchev–Trinajstić information content (AvgIpc) is 3.46. The Bertz CT molecular complexity index is 1010. The normalized spacial score (nSPS) is 24.2. The number of carbonyl (C=O) groups excluding carboxylic acids is 3. The Hall–Kier alpha value is -2.83. The first-order chi connectivity index (χ1) is 13.5. The van der Waals surface area contributed by atoms with Crippen molar-refractivity contribution in [2.45, 2.75) is 44.2 Å². The summed E-state index contributed by atoms with van der Waals surface area (Å²) in [5.74, 6) is -0.0785. The second kappa shape index (κ2) is 6.09. The van der Waals surface area contributed by atoms with E-state index in [-0.39, 0.29) is 24.2 Å². The predicted octanol–water partition coefficient (Wildman–Crippen LogP) is 1.83. The van der Waals surface area contributed by atoms with Crippen LogP contribution in [0.15, 0.2) is 24.3 Å². The molecule has 2 N–H and O–H groups in total. The maximum Gasteiger partial charge on any atom is 0.322 e. The van der Waals surface area contributed by atoms with Gasteiger partial charge in [0.05, 0.1) is 6.54 Å². The molecule has 1 aromatic heterocycles. The number of benzene rings is 1. The summed E-state index contributed by atoms with van der Waals surface area (Å²) in [6.07, 6.45) is 3.32. The molecule has 0 bridgehead atoms. The summed E-state index contributed by atoms with van der Waals surface area (Å²) in [6, 6.07) is 7.91. The van der Waals surface area contributed by atoms with Crippen LogP contribution in [-0.2, 0) is 29.6 Å². The highest BCUT2D eigenvalue weighted by atomic mass is 16.2. The van der Waals surface area contributed by atoms with E-state index in [0.717, 1.165) is 19.3 Å². The van der Waals surface area contributed by atoms with Crippen molar-refractivity contribution in [3.63, 3.8) is 0 Å². The fourth-order valence-corrected chi connectivity index (χ4v) is 4.94. The maximum atomic E-state index is 12.9. The van der Waals surface area contributed by atoms with Crippen molar-refractivity contribution in [1.29, 1.82) is 0 Å². The molecule has 7 heteroatoms. The summed E-state index contributed by atoms with van der Waals surface area (Å²) < 4.78 is 2.18. The molecule has 5 rings (SSSR count). The lowest BCUT2D eigenvalue weighted by Crippen LogP contribution is -2.50. The molecule has 1 aliphatic carbocycles. The molecule has 1 saturated carbocycles. The summed E-state index contributed by atoms with van der Waals surface area (Å²) >= 11 is 0. The van der Waals surface area contributed by atoms with E-state index in [1.54, 1.807) is 0 Å². The summed E-state index contributed by atoms with van der Waals surface area (Å²) in [7, 11) is 2.05. The molecule has 2 fully saturated rings. The first kappa shape index (κ1) is 17.3. The number of nitrogens with zero attached hydrogens (tertiary/aromatic N) is 2. The van der Waals surface area contributed by atoms with E-state index in [2.05, 4.69) is 40.4 Å². The van der Waals surface area contributed by atoms with Gasteiger partial charge in [-0.25, -0.2) is 4.79 Å². The molecule has 2 aromatic rings. The molecular weight excluding hydrogens is 356 g/mol. The number of urea groups is 1. The van der Waals surface area contributed by atoms with Gasteiger partial charge in [-0.1, -0.05) is 18.2 Å². The standard InChI is InChI=1S/C21H24N4O3/c1-24-16-5-3-2-4-14(16)15-9-11-25(12-17(15)24)18(26)8-10-21(13-6-7-13)19(27)22-20(28)23-21/h2-5,13H,6-12H2,1H3,(H2,22,23,27,28). The Balaban J connectivity index is 1.32. The average molecular weight is 380 g/mol. The van der Waals surface area contributed by atoms with Crippen LogP contribution in [0.2, 0.25) is 0 Å². The van der Waals surface area contributed by atoms with Gasteiger partial charge in [0.2, 0.25) is 5.91 Å². The Kier molecular flexibility index (Phi) is 3.76. The number of hydrogen-bond acceptors (Lipinski definition) is 3. The van der Waals surface area contributed by atoms with Crippen LogP contribution in [-0.4, -0.2) is 39.4 Å². The molecule has 2 aliphatic heterocycles. The number of para-hydroxylation sites is 1. The van der Waals surface area contributed by atoms with E-state index in [9.17, 15) is 14.4 Å². The largest absolute Gasteiger partial charge is 0.346 e. The van der Waals surface area contributed by atoms with Crippen LogP contribution >= 0.6 is 0 Å². The lowest BCUT2D eigenvalue weighted by Gasteiger charge is -2.30. The number of amides is 4. The summed E-state index contributed by atoms with van der Waals surface area (Å²) in [5.41, 5.74) is 2.82. The minimum atomic E-state index is -0.895. The molecule has 1 aromatic carbocycles. The van der Waals surface area contributed by atoms with Crippen LogP contribution in [0.25, 0.3) is 10.9 Å². The number of aromatic nitrogens is 1. The van der Waals surface area contributed by atoms with Gasteiger partial charge >= 0.3 is 6.03 Å². The maximum absolute atomic E-state index is 12.9. The number of imide groups is 1. The van der Waals surface area contributed by atoms with Gasteiger partial charge in [0, 0.05) is 36.6 Å². The van der Waals surface area contributed by atoms with Crippen molar-refractivity contribution in [2.75, 3.05) is 6.54 Å². The predicted molar refractivity (Wildman–Crippen MR) is 103 cm³/mol. The minimum Gasteiger partial charge on any atom is -0.346 e. The summed E-state index contributed by atoms with van der Waals surface area (Å²) in [6.45, 7) is 1.28. The van der Waals surface area contributed by atoms with Gasteiger partial charge in [-0.2, -0.15) is 0 Å². The molecule has 1 unspecified atom stereocenters. The monoisotopic (exact) mass is 380 g/mol. The van der Waals surface area contributed by atoms with Crippen LogP contribution in [0.4, 0.5) is 4.79 Å². The zero-order chi connectivity index (χ0) is 19.5. The van der Waals surface area contributed by atoms with E-state index in [1.165, 1.54) is 22.2 Å². The third-order valence-electron chi connectivity index (χ3n) is 6.65. The smallest absolute Gasteiger partial charge is 0.322 e. The molecule has 28 heavy (non-hydrogen) atoms. The number of fused-ring (bicyclic) bond motifs is 3. The highest BCUT2D eigenvalue weighted by Crippen LogP contribution is 2.44. The second-order valence-electron chi connectivity index (χ2n) is 8.22. The molecule has 146 valence electrons. The number of aryl methyl sites for hydroxylation is 1. The van der Waals surface area contributed by atoms with Crippen molar-refractivity contribution in [2.24, 2.45) is 13.0 Å². The van der Waals surface area contributed by atoms with E-state index < -0.39 is 11.6 Å². The zero-order valence-electron chi connectivity index (χ0n) is 16.0. The highest BCUT2D eigenvalue weighted by molar-refractivity contribution is 6.07. The van der Waals surface area contributed by atoms with Gasteiger partial charge in [-0.3, -0.25) is 14.9 Å². The lowest BCUT2D eigenvalue weighted by molar-refractivity contribution is -0.133. The Labute approximate surface area is 163 Å². The molecule has 1 atom stereocenters. The van der Waals surface area contributed by atoms with Crippen LogP contribution < -0.4 is 10.6 Å². The first-order valence-electron chi connectivity index (χ1n) is 9.96. The van der Waals surface area contributed by atoms with Gasteiger partial charge in [0.1, 0.15) is 5.54 Å². The van der Waals surface area contributed by atoms with Crippen molar-refractivity contribution in [3.8, 4) is 0 Å². The number of nitrogens with one attached hydrogen (secondary N) is 2. The molecule has 0 spiro atoms. The fraction of sp³-hybridized carbons (Fsp3) is 0.476. The molecule has 0 radical (unpaired) electrons. The topological polar surface area (TPSA) is 83.4 Å². The molecular formula is C21H24N4O3. The quantitative estimate of drug-likeness (QED) is 0.794. The Morgan fingerprint density at radius 3 is 2.75 bits per heavy atom. The van der Waals surface area contributed by atoms with Crippen LogP contribution in [0.5, 0.6) is 0 Å². The summed E-state index contributed by atoms with van der Waals surface area (Å²) in [5, 5.41) is 6.42. The lowest BCUT2D eigenvalue weighted by atomic mass is 9.87. The van der Waals surface area contributed by atoms with Gasteiger partial charge < -0.3 is 14.8 Å². The second-order valence-corrected chi connectivity index (χ2v) is 8.22. The van der Waals surface area contributed by atoms with Gasteiger partial charge in [0.25, 0.3) is 5.91 Å². The number of hydrogen-bond donors (Lipinski definition) is 2. The summed E-state index contributed by atoms with van der Waals surface area (Å²) in [4.78, 5) is 38.9. The van der Waals surface area contributed by atoms with Crippen molar-refractivity contribution in [1.82, 2.24) is 20.1 Å². The highest BCUT2D eigenvalue weighted by Gasteiger charge is 2.55. The number of rotatable bonds is 4. The van der Waals surface area contributed by atoms with E-state index in [1.807, 2.05) is 11.0 Å². The molecule has 3 heterocycles. The third kappa shape index (κ3) is 2.52. The Morgan fingerprint density at radius 1 is 1.25 bits per heavy atom. The van der Waals surface area contributed by atoms with Gasteiger partial charge in [-0.05, 0) is 43.2 Å². The third-order valence-corrected chi connectivity index (χ3v) is 6.65. The van der Waals surface area contributed by atoms with Crippen LogP contribution in [0.3, 0.4) is 0 Å². The zero-order valence-corrected chi connectivity index (χ0v) is 16.0. The van der Waals surface area contributed by atoms with Gasteiger partial charge in [-0.15, -0.1) is 0 Å². The van der Waals surface area contributed by atoms with E-state index in [4.69, 9.17) is 0 Å². The molecule has 4 amide bonds. The van der Waals surface area contributed by atoms with Gasteiger partial charge in [0.15, 0.2) is 0 Å².